The molecule has 0 aromatic carbocycles. The SMILES string of the molecule is FC(F)(F)SCCN1CCCCCC1CCl. The molecule has 1 aliphatic rings. The minimum Gasteiger partial charge on any atom is -0.298 e. The van der Waals surface area contributed by atoms with Gasteiger partial charge in [0.25, 0.3) is 0 Å². The fourth-order valence-electron chi connectivity index (χ4n) is 1.98. The minimum absolute atomic E-state index is 0.0618. The van der Waals surface area contributed by atoms with Crippen LogP contribution >= 0.6 is 23.4 Å². The molecule has 0 N–H and O–H groups in total. The van der Waals surface area contributed by atoms with Crippen LogP contribution in [-0.2, 0) is 0 Å². The first-order valence-corrected chi connectivity index (χ1v) is 7.05. The molecular formula is C10H17ClF3NS. The first-order chi connectivity index (χ1) is 7.53. The quantitative estimate of drug-likeness (QED) is 0.720. The average molecular weight is 276 g/mol. The van der Waals surface area contributed by atoms with Crippen molar-refractivity contribution in [2.24, 2.45) is 0 Å². The molecule has 1 aliphatic heterocycles. The highest BCUT2D eigenvalue weighted by atomic mass is 35.5. The highest BCUT2D eigenvalue weighted by Crippen LogP contribution is 2.30. The maximum absolute atomic E-state index is 12.0. The molecule has 1 atom stereocenters. The Hall–Kier alpha value is 0.390. The van der Waals surface area contributed by atoms with E-state index >= 15 is 0 Å². The van der Waals surface area contributed by atoms with Crippen molar-refractivity contribution in [3.8, 4) is 0 Å². The van der Waals surface area contributed by atoms with E-state index in [-0.39, 0.29) is 23.6 Å². The van der Waals surface area contributed by atoms with Gasteiger partial charge in [0, 0.05) is 24.2 Å². The smallest absolute Gasteiger partial charge is 0.298 e. The predicted octanol–water partition coefficient (Wildman–Crippen LogP) is 3.72. The number of nitrogens with zero attached hydrogens (tertiary/aromatic N) is 1. The van der Waals surface area contributed by atoms with Crippen LogP contribution in [0.4, 0.5) is 13.2 Å². The number of hydrogen-bond donors (Lipinski definition) is 0. The fourth-order valence-corrected chi connectivity index (χ4v) is 2.89. The molecule has 0 saturated carbocycles. The van der Waals surface area contributed by atoms with Crippen LogP contribution in [0, 0.1) is 0 Å². The third-order valence-corrected chi connectivity index (χ3v) is 3.89. The summed E-state index contributed by atoms with van der Waals surface area (Å²) in [5.74, 6) is 0.633. The van der Waals surface area contributed by atoms with Gasteiger partial charge >= 0.3 is 5.51 Å². The normalized spacial score (nSPS) is 24.4. The van der Waals surface area contributed by atoms with Crippen molar-refractivity contribution in [3.05, 3.63) is 0 Å². The molecule has 0 spiro atoms. The summed E-state index contributed by atoms with van der Waals surface area (Å²) in [5, 5.41) is 0. The van der Waals surface area contributed by atoms with E-state index in [4.69, 9.17) is 11.6 Å². The van der Waals surface area contributed by atoms with E-state index in [0.29, 0.717) is 12.4 Å². The van der Waals surface area contributed by atoms with E-state index in [9.17, 15) is 13.2 Å². The molecule has 1 nitrogen and oxygen atoms in total. The van der Waals surface area contributed by atoms with Crippen LogP contribution in [-0.4, -0.2) is 41.2 Å². The van der Waals surface area contributed by atoms with Crippen molar-refractivity contribution in [2.75, 3.05) is 24.7 Å². The van der Waals surface area contributed by atoms with Crippen molar-refractivity contribution >= 4 is 23.4 Å². The van der Waals surface area contributed by atoms with Gasteiger partial charge in [0.1, 0.15) is 0 Å². The lowest BCUT2D eigenvalue weighted by Crippen LogP contribution is -2.38. The Kier molecular flexibility index (Phi) is 6.29. The Labute approximate surface area is 104 Å². The van der Waals surface area contributed by atoms with Gasteiger partial charge in [-0.1, -0.05) is 12.8 Å². The number of thioether (sulfide) groups is 1. The Morgan fingerprint density at radius 1 is 1.25 bits per heavy atom. The van der Waals surface area contributed by atoms with Crippen LogP contribution in [0.5, 0.6) is 0 Å². The molecule has 1 heterocycles. The predicted molar refractivity (Wildman–Crippen MR) is 63.1 cm³/mol. The summed E-state index contributed by atoms with van der Waals surface area (Å²) in [4.78, 5) is 2.11. The monoisotopic (exact) mass is 275 g/mol. The molecule has 0 aromatic heterocycles. The second kappa shape index (κ2) is 6.97. The first-order valence-electron chi connectivity index (χ1n) is 5.53. The molecular weight excluding hydrogens is 259 g/mol. The van der Waals surface area contributed by atoms with Crippen molar-refractivity contribution in [3.63, 3.8) is 0 Å². The van der Waals surface area contributed by atoms with Crippen LogP contribution in [0.25, 0.3) is 0 Å². The number of halogens is 4. The molecule has 1 rings (SSSR count). The molecule has 0 radical (unpaired) electrons. The fraction of sp³-hybridized carbons (Fsp3) is 1.00. The lowest BCUT2D eigenvalue weighted by Gasteiger charge is -2.28. The Morgan fingerprint density at radius 3 is 2.62 bits per heavy atom. The van der Waals surface area contributed by atoms with Crippen molar-refractivity contribution in [1.29, 1.82) is 0 Å². The van der Waals surface area contributed by atoms with Gasteiger partial charge in [-0.15, -0.1) is 11.6 Å². The topological polar surface area (TPSA) is 3.24 Å². The molecule has 96 valence electrons. The van der Waals surface area contributed by atoms with Gasteiger partial charge in [0.2, 0.25) is 0 Å². The zero-order valence-corrected chi connectivity index (χ0v) is 10.7. The van der Waals surface area contributed by atoms with E-state index in [0.717, 1.165) is 32.2 Å². The van der Waals surface area contributed by atoms with Crippen LogP contribution < -0.4 is 0 Å². The zero-order valence-electron chi connectivity index (χ0n) is 9.10. The maximum atomic E-state index is 12.0. The maximum Gasteiger partial charge on any atom is 0.441 e. The minimum atomic E-state index is -4.11. The average Bonchev–Trinajstić information content (AvgIpc) is 2.41. The van der Waals surface area contributed by atoms with E-state index in [1.54, 1.807) is 0 Å². The third kappa shape index (κ3) is 5.64. The van der Waals surface area contributed by atoms with Crippen LogP contribution in [0.2, 0.25) is 0 Å². The van der Waals surface area contributed by atoms with Crippen LogP contribution in [0.15, 0.2) is 0 Å². The standard InChI is InChI=1S/C10H17ClF3NS/c11-8-9-4-2-1-3-5-15(9)6-7-16-10(12,13)14/h9H,1-8H2. The molecule has 16 heavy (non-hydrogen) atoms. The van der Waals surface area contributed by atoms with E-state index < -0.39 is 5.51 Å². The summed E-state index contributed by atoms with van der Waals surface area (Å²) in [6, 6.07) is 0.262. The summed E-state index contributed by atoms with van der Waals surface area (Å²) in [7, 11) is 0. The number of likely N-dealkylation sites (tertiary alicyclic amines) is 1. The second-order valence-electron chi connectivity index (χ2n) is 3.99. The number of hydrogen-bond acceptors (Lipinski definition) is 2. The van der Waals surface area contributed by atoms with Gasteiger partial charge in [0.05, 0.1) is 0 Å². The van der Waals surface area contributed by atoms with Crippen molar-refractivity contribution < 1.29 is 13.2 Å². The Balaban J connectivity index is 2.31. The number of alkyl halides is 4. The lowest BCUT2D eigenvalue weighted by molar-refractivity contribution is -0.0329. The third-order valence-electron chi connectivity index (χ3n) is 2.82. The van der Waals surface area contributed by atoms with Crippen molar-refractivity contribution in [2.45, 2.75) is 37.2 Å². The second-order valence-corrected chi connectivity index (χ2v) is 5.46. The van der Waals surface area contributed by atoms with Gasteiger partial charge in [-0.25, -0.2) is 0 Å². The highest BCUT2D eigenvalue weighted by molar-refractivity contribution is 8.00. The molecule has 0 amide bonds. The molecule has 0 aliphatic carbocycles. The van der Waals surface area contributed by atoms with Gasteiger partial charge in [0.15, 0.2) is 0 Å². The summed E-state index contributed by atoms with van der Waals surface area (Å²) in [6.45, 7) is 1.37. The molecule has 6 heteroatoms. The Morgan fingerprint density at radius 2 is 2.00 bits per heavy atom. The largest absolute Gasteiger partial charge is 0.441 e. The molecule has 0 bridgehead atoms. The van der Waals surface area contributed by atoms with E-state index in [1.165, 1.54) is 0 Å². The summed E-state index contributed by atoms with van der Waals surface area (Å²) in [5.41, 5.74) is -4.11. The summed E-state index contributed by atoms with van der Waals surface area (Å²) in [6.07, 6.45) is 4.39. The summed E-state index contributed by atoms with van der Waals surface area (Å²) < 4.78 is 36.0. The van der Waals surface area contributed by atoms with Gasteiger partial charge in [-0.05, 0) is 31.1 Å². The van der Waals surface area contributed by atoms with Gasteiger partial charge in [-0.2, -0.15) is 13.2 Å². The Bertz CT molecular complexity index is 201. The summed E-state index contributed by atoms with van der Waals surface area (Å²) >= 11 is 5.91. The first kappa shape index (κ1) is 14.5. The zero-order chi connectivity index (χ0) is 12.0. The molecule has 1 saturated heterocycles. The number of rotatable bonds is 4. The van der Waals surface area contributed by atoms with Crippen LogP contribution in [0.1, 0.15) is 25.7 Å². The highest BCUT2D eigenvalue weighted by Gasteiger charge is 2.28. The lowest BCUT2D eigenvalue weighted by atomic mass is 10.1. The van der Waals surface area contributed by atoms with Gasteiger partial charge < -0.3 is 0 Å². The van der Waals surface area contributed by atoms with E-state index in [2.05, 4.69) is 4.90 Å². The van der Waals surface area contributed by atoms with Gasteiger partial charge in [-0.3, -0.25) is 4.90 Å². The van der Waals surface area contributed by atoms with Crippen LogP contribution in [0.3, 0.4) is 0 Å². The molecule has 0 aromatic rings. The van der Waals surface area contributed by atoms with E-state index in [1.807, 2.05) is 0 Å². The molecule has 1 unspecified atom stereocenters. The molecule has 1 fully saturated rings. The van der Waals surface area contributed by atoms with Crippen molar-refractivity contribution in [1.82, 2.24) is 4.90 Å².